The molecule has 2 rings (SSSR count). The molecule has 1 aliphatic heterocycles. The van der Waals surface area contributed by atoms with Gasteiger partial charge in [0.1, 0.15) is 0 Å². The van der Waals surface area contributed by atoms with Crippen LogP contribution in [0, 0.1) is 5.92 Å². The fourth-order valence-electron chi connectivity index (χ4n) is 2.46. The lowest BCUT2D eigenvalue weighted by molar-refractivity contribution is 0.399. The molecular formula is C14H24N2O2S2. The van der Waals surface area contributed by atoms with Crippen molar-refractivity contribution in [2.45, 2.75) is 32.1 Å². The lowest BCUT2D eigenvalue weighted by Gasteiger charge is -2.26. The molecule has 1 aliphatic rings. The van der Waals surface area contributed by atoms with Gasteiger partial charge in [0.15, 0.2) is 0 Å². The van der Waals surface area contributed by atoms with Crippen LogP contribution in [0.15, 0.2) is 17.5 Å². The third-order valence-electron chi connectivity index (χ3n) is 3.84. The molecule has 0 bridgehead atoms. The Kier molecular flexibility index (Phi) is 5.23. The van der Waals surface area contributed by atoms with Gasteiger partial charge in [0, 0.05) is 16.8 Å². The van der Waals surface area contributed by atoms with Crippen molar-refractivity contribution in [2.75, 3.05) is 25.4 Å². The molecule has 0 radical (unpaired) electrons. The second-order valence-corrected chi connectivity index (χ2v) is 8.96. The Labute approximate surface area is 126 Å². The molecule has 0 saturated carbocycles. The van der Waals surface area contributed by atoms with Gasteiger partial charge in [-0.05, 0) is 43.3 Å². The summed E-state index contributed by atoms with van der Waals surface area (Å²) in [7, 11) is -3.18. The van der Waals surface area contributed by atoms with Crippen LogP contribution < -0.4 is 10.0 Å². The third-order valence-corrected chi connectivity index (χ3v) is 6.57. The van der Waals surface area contributed by atoms with E-state index in [2.05, 4.69) is 30.0 Å². The first-order chi connectivity index (χ1) is 9.39. The maximum atomic E-state index is 12.2. The zero-order valence-corrected chi connectivity index (χ0v) is 13.8. The van der Waals surface area contributed by atoms with Gasteiger partial charge in [-0.3, -0.25) is 0 Å². The predicted octanol–water partition coefficient (Wildman–Crippen LogP) is 1.94. The van der Waals surface area contributed by atoms with Gasteiger partial charge < -0.3 is 5.32 Å². The average Bonchev–Trinajstić information content (AvgIpc) is 2.92. The molecule has 1 aromatic rings. The van der Waals surface area contributed by atoms with Crippen LogP contribution >= 0.6 is 11.3 Å². The van der Waals surface area contributed by atoms with Crippen molar-refractivity contribution < 1.29 is 8.42 Å². The summed E-state index contributed by atoms with van der Waals surface area (Å²) in [6, 6.07) is 4.07. The summed E-state index contributed by atoms with van der Waals surface area (Å²) in [5.41, 5.74) is -0.157. The van der Waals surface area contributed by atoms with E-state index in [1.165, 1.54) is 4.88 Å². The zero-order chi connectivity index (χ0) is 14.6. The Morgan fingerprint density at radius 3 is 2.70 bits per heavy atom. The number of nitrogens with one attached hydrogen (secondary N) is 2. The van der Waals surface area contributed by atoms with Gasteiger partial charge in [-0.25, -0.2) is 13.1 Å². The van der Waals surface area contributed by atoms with E-state index < -0.39 is 10.0 Å². The Morgan fingerprint density at radius 2 is 2.10 bits per heavy atom. The molecule has 0 aliphatic carbocycles. The van der Waals surface area contributed by atoms with Crippen LogP contribution in [-0.4, -0.2) is 33.8 Å². The molecule has 1 fully saturated rings. The summed E-state index contributed by atoms with van der Waals surface area (Å²) >= 11 is 1.67. The fraction of sp³-hybridized carbons (Fsp3) is 0.714. The summed E-state index contributed by atoms with van der Waals surface area (Å²) in [5.74, 6) is 0.549. The van der Waals surface area contributed by atoms with E-state index in [1.807, 2.05) is 11.4 Å². The summed E-state index contributed by atoms with van der Waals surface area (Å²) in [4.78, 5) is 1.21. The highest BCUT2D eigenvalue weighted by Gasteiger charge is 2.26. The maximum absolute atomic E-state index is 12.2. The number of sulfonamides is 1. The molecule has 4 nitrogen and oxygen atoms in total. The smallest absolute Gasteiger partial charge is 0.211 e. The summed E-state index contributed by atoms with van der Waals surface area (Å²) in [6.45, 7) is 6.47. The average molecular weight is 316 g/mol. The molecule has 114 valence electrons. The molecule has 6 heteroatoms. The van der Waals surface area contributed by atoms with E-state index in [1.54, 1.807) is 11.3 Å². The van der Waals surface area contributed by atoms with Gasteiger partial charge in [-0.1, -0.05) is 19.9 Å². The van der Waals surface area contributed by atoms with Crippen LogP contribution in [0.4, 0.5) is 0 Å². The van der Waals surface area contributed by atoms with Crippen LogP contribution in [-0.2, 0) is 15.4 Å². The van der Waals surface area contributed by atoms with Gasteiger partial charge in [-0.15, -0.1) is 11.3 Å². The van der Waals surface area contributed by atoms with Crippen LogP contribution in [0.1, 0.15) is 31.6 Å². The van der Waals surface area contributed by atoms with Gasteiger partial charge in [0.25, 0.3) is 0 Å². The minimum Gasteiger partial charge on any atom is -0.317 e. The summed E-state index contributed by atoms with van der Waals surface area (Å²) in [6.07, 6.45) is 1.91. The van der Waals surface area contributed by atoms with Gasteiger partial charge in [-0.2, -0.15) is 0 Å². The molecule has 0 atom stereocenters. The van der Waals surface area contributed by atoms with Crippen molar-refractivity contribution in [3.05, 3.63) is 22.4 Å². The Balaban J connectivity index is 1.88. The Hall–Kier alpha value is -0.430. The van der Waals surface area contributed by atoms with Gasteiger partial charge >= 0.3 is 0 Å². The standard InChI is InChI=1S/C14H24N2O2S2/c1-14(2,13-4-3-9-19-13)11-16-20(17,18)10-12-5-7-15-8-6-12/h3-4,9,12,15-16H,5-8,10-11H2,1-2H3. The number of hydrogen-bond donors (Lipinski definition) is 2. The molecule has 2 N–H and O–H groups in total. The van der Waals surface area contributed by atoms with Crippen molar-refractivity contribution in [3.8, 4) is 0 Å². The molecule has 0 unspecified atom stereocenters. The van der Waals surface area contributed by atoms with E-state index in [4.69, 9.17) is 0 Å². The highest BCUT2D eigenvalue weighted by molar-refractivity contribution is 7.89. The largest absolute Gasteiger partial charge is 0.317 e. The first kappa shape index (κ1) is 15.9. The number of thiophene rings is 1. The van der Waals surface area contributed by atoms with Crippen molar-refractivity contribution in [3.63, 3.8) is 0 Å². The minimum absolute atomic E-state index is 0.157. The molecule has 1 aromatic heterocycles. The minimum atomic E-state index is -3.18. The molecular weight excluding hydrogens is 292 g/mol. The van der Waals surface area contributed by atoms with Crippen molar-refractivity contribution >= 4 is 21.4 Å². The molecule has 0 amide bonds. The number of rotatable bonds is 6. The van der Waals surface area contributed by atoms with E-state index in [0.717, 1.165) is 25.9 Å². The summed E-state index contributed by atoms with van der Waals surface area (Å²) in [5, 5.41) is 5.29. The Bertz CT molecular complexity index is 503. The van der Waals surface area contributed by atoms with Crippen molar-refractivity contribution in [1.29, 1.82) is 0 Å². The monoisotopic (exact) mass is 316 g/mol. The van der Waals surface area contributed by atoms with Gasteiger partial charge in [0.05, 0.1) is 5.75 Å². The highest BCUT2D eigenvalue weighted by Crippen LogP contribution is 2.27. The van der Waals surface area contributed by atoms with Crippen LogP contribution in [0.25, 0.3) is 0 Å². The molecule has 0 aromatic carbocycles. The van der Waals surface area contributed by atoms with Crippen molar-refractivity contribution in [2.24, 2.45) is 5.92 Å². The SMILES string of the molecule is CC(C)(CNS(=O)(=O)CC1CCNCC1)c1cccs1. The normalized spacial score (nSPS) is 18.3. The van der Waals surface area contributed by atoms with Crippen LogP contribution in [0.5, 0.6) is 0 Å². The van der Waals surface area contributed by atoms with E-state index >= 15 is 0 Å². The second-order valence-electron chi connectivity index (χ2n) is 6.16. The number of piperidine rings is 1. The maximum Gasteiger partial charge on any atom is 0.211 e. The van der Waals surface area contributed by atoms with Gasteiger partial charge in [0.2, 0.25) is 10.0 Å². The Morgan fingerprint density at radius 1 is 1.40 bits per heavy atom. The molecule has 1 saturated heterocycles. The van der Waals surface area contributed by atoms with E-state index in [-0.39, 0.29) is 11.2 Å². The van der Waals surface area contributed by atoms with Crippen molar-refractivity contribution in [1.82, 2.24) is 10.0 Å². The molecule has 0 spiro atoms. The highest BCUT2D eigenvalue weighted by atomic mass is 32.2. The first-order valence-electron chi connectivity index (χ1n) is 7.11. The molecule has 2 heterocycles. The fourth-order valence-corrected chi connectivity index (χ4v) is 4.96. The van der Waals surface area contributed by atoms with E-state index in [0.29, 0.717) is 12.5 Å². The van der Waals surface area contributed by atoms with E-state index in [9.17, 15) is 8.42 Å². The third kappa shape index (κ3) is 4.55. The lowest BCUT2D eigenvalue weighted by Crippen LogP contribution is -2.40. The lowest BCUT2D eigenvalue weighted by atomic mass is 9.92. The quantitative estimate of drug-likeness (QED) is 0.843. The zero-order valence-electron chi connectivity index (χ0n) is 12.2. The topological polar surface area (TPSA) is 58.2 Å². The molecule has 20 heavy (non-hydrogen) atoms. The number of hydrogen-bond acceptors (Lipinski definition) is 4. The van der Waals surface area contributed by atoms with Crippen LogP contribution in [0.3, 0.4) is 0 Å². The second kappa shape index (κ2) is 6.56. The first-order valence-corrected chi connectivity index (χ1v) is 9.64. The summed E-state index contributed by atoms with van der Waals surface area (Å²) < 4.78 is 27.2. The predicted molar refractivity (Wildman–Crippen MR) is 84.7 cm³/mol. The van der Waals surface area contributed by atoms with Crippen LogP contribution in [0.2, 0.25) is 0 Å².